The molecule has 0 saturated heterocycles. The number of likely N-dealkylation sites (N-methyl/N-ethyl adjacent to an activating group) is 1. The Kier molecular flexibility index (Phi) is 67.6. The van der Waals surface area contributed by atoms with E-state index in [1.807, 2.05) is 21.1 Å². The summed E-state index contributed by atoms with van der Waals surface area (Å²) >= 11 is 0. The molecule has 0 aliphatic carbocycles. The van der Waals surface area contributed by atoms with Gasteiger partial charge in [-0.15, -0.1) is 0 Å². The van der Waals surface area contributed by atoms with Gasteiger partial charge in [-0.1, -0.05) is 313 Å². The number of rotatable bonds is 67. The number of allylic oxidation sites excluding steroid dienone is 26. The zero-order valence-electron chi connectivity index (χ0n) is 59.7. The van der Waals surface area contributed by atoms with Gasteiger partial charge in [0.2, 0.25) is 0 Å². The van der Waals surface area contributed by atoms with Crippen molar-refractivity contribution in [2.45, 2.75) is 302 Å². The van der Waals surface area contributed by atoms with Crippen LogP contribution >= 0.6 is 7.82 Å². The number of carbonyl (C=O) groups is 2. The highest BCUT2D eigenvalue weighted by molar-refractivity contribution is 7.47. The van der Waals surface area contributed by atoms with E-state index < -0.39 is 26.5 Å². The number of nitrogens with zero attached hydrogens (tertiary/aromatic N) is 1. The van der Waals surface area contributed by atoms with Crippen LogP contribution in [0.15, 0.2) is 158 Å². The van der Waals surface area contributed by atoms with E-state index in [1.165, 1.54) is 128 Å². The first-order chi connectivity index (χ1) is 45.0. The van der Waals surface area contributed by atoms with Gasteiger partial charge in [-0.3, -0.25) is 18.6 Å². The summed E-state index contributed by atoms with van der Waals surface area (Å²) < 4.78 is 34.7. The van der Waals surface area contributed by atoms with Crippen molar-refractivity contribution in [1.29, 1.82) is 0 Å². The average Bonchev–Trinajstić information content (AvgIpc) is 2.34. The monoisotopic (exact) mass is 1300 g/mol. The molecule has 92 heavy (non-hydrogen) atoms. The molecule has 0 amide bonds. The van der Waals surface area contributed by atoms with Gasteiger partial charge in [0.1, 0.15) is 19.8 Å². The minimum Gasteiger partial charge on any atom is -0.462 e. The quantitative estimate of drug-likeness (QED) is 0.0211. The maximum atomic E-state index is 12.9. The molecule has 0 rings (SSSR count). The van der Waals surface area contributed by atoms with Gasteiger partial charge in [0.05, 0.1) is 27.7 Å². The van der Waals surface area contributed by atoms with Crippen LogP contribution in [-0.4, -0.2) is 74.9 Å². The van der Waals surface area contributed by atoms with Crippen molar-refractivity contribution in [1.82, 2.24) is 0 Å². The Labute approximate surface area is 566 Å². The molecular weight excluding hydrogens is 1160 g/mol. The number of esters is 2. The number of quaternary nitrogens is 1. The molecule has 0 aliphatic rings. The Morgan fingerprint density at radius 3 is 0.924 bits per heavy atom. The van der Waals surface area contributed by atoms with Crippen LogP contribution in [0.4, 0.5) is 0 Å². The van der Waals surface area contributed by atoms with E-state index in [2.05, 4.69) is 172 Å². The number of phosphoric acid groups is 1. The molecule has 10 heteroatoms. The fourth-order valence-corrected chi connectivity index (χ4v) is 10.6. The van der Waals surface area contributed by atoms with E-state index in [0.29, 0.717) is 17.4 Å². The largest absolute Gasteiger partial charge is 0.472 e. The SMILES string of the molecule is CC/C=C\C/C=C\C/C=C\C/C=C\C/C=C\C/C=C\C/C=C\C/C=C\C/C=C\C/C=C\CCCCCCCCC(=O)OC(COC(=O)CCCCCCCCCCCCCCCCCC/C=C\C/C=C\C/C=C\CCCCCCC)COP(=O)(O)OCC[N+](C)(C)C. The first-order valence-electron chi connectivity index (χ1n) is 37.2. The maximum Gasteiger partial charge on any atom is 0.472 e. The third-order valence-electron chi connectivity index (χ3n) is 15.5. The Bertz CT molecular complexity index is 2110. The summed E-state index contributed by atoms with van der Waals surface area (Å²) in [4.78, 5) is 35.9. The third kappa shape index (κ3) is 74.7. The molecule has 0 aromatic heterocycles. The molecule has 9 nitrogen and oxygen atoms in total. The Balaban J connectivity index is 4.12. The molecular formula is C82H139NO8P+. The molecule has 0 fully saturated rings. The molecule has 2 atom stereocenters. The minimum atomic E-state index is -4.41. The van der Waals surface area contributed by atoms with Crippen molar-refractivity contribution in [2.24, 2.45) is 0 Å². The third-order valence-corrected chi connectivity index (χ3v) is 16.5. The first kappa shape index (κ1) is 87.6. The molecule has 0 saturated carbocycles. The van der Waals surface area contributed by atoms with E-state index in [-0.39, 0.29) is 32.0 Å². The van der Waals surface area contributed by atoms with E-state index in [0.717, 1.165) is 135 Å². The van der Waals surface area contributed by atoms with E-state index in [9.17, 15) is 19.0 Å². The number of carbonyl (C=O) groups excluding carboxylic acids is 2. The highest BCUT2D eigenvalue weighted by Gasteiger charge is 2.27. The Hall–Kier alpha value is -4.37. The Morgan fingerprint density at radius 1 is 0.348 bits per heavy atom. The van der Waals surface area contributed by atoms with Crippen molar-refractivity contribution in [3.05, 3.63) is 158 Å². The van der Waals surface area contributed by atoms with Gasteiger partial charge >= 0.3 is 19.8 Å². The summed E-state index contributed by atoms with van der Waals surface area (Å²) in [5.41, 5.74) is 0. The van der Waals surface area contributed by atoms with E-state index in [1.54, 1.807) is 0 Å². The molecule has 0 bridgehead atoms. The minimum absolute atomic E-state index is 0.0213. The zero-order valence-corrected chi connectivity index (χ0v) is 60.6. The van der Waals surface area contributed by atoms with Gasteiger partial charge in [0.25, 0.3) is 0 Å². The molecule has 524 valence electrons. The lowest BCUT2D eigenvalue weighted by Crippen LogP contribution is -2.37. The fraction of sp³-hybridized carbons (Fsp3) is 0.659. The van der Waals surface area contributed by atoms with Crippen LogP contribution in [0.1, 0.15) is 296 Å². The first-order valence-corrected chi connectivity index (χ1v) is 38.7. The fourth-order valence-electron chi connectivity index (χ4n) is 9.88. The van der Waals surface area contributed by atoms with Crippen LogP contribution in [0.2, 0.25) is 0 Å². The summed E-state index contributed by atoms with van der Waals surface area (Å²) in [6.07, 6.45) is 106. The average molecular weight is 1300 g/mol. The van der Waals surface area contributed by atoms with Gasteiger partial charge < -0.3 is 18.9 Å². The van der Waals surface area contributed by atoms with Gasteiger partial charge in [-0.05, 0) is 128 Å². The van der Waals surface area contributed by atoms with Crippen molar-refractivity contribution in [3.8, 4) is 0 Å². The lowest BCUT2D eigenvalue weighted by Gasteiger charge is -2.24. The molecule has 2 unspecified atom stereocenters. The van der Waals surface area contributed by atoms with Crippen molar-refractivity contribution in [2.75, 3.05) is 47.5 Å². The molecule has 0 spiro atoms. The number of ether oxygens (including phenoxy) is 2. The predicted octanol–water partition coefficient (Wildman–Crippen LogP) is 24.7. The van der Waals surface area contributed by atoms with Crippen LogP contribution < -0.4 is 0 Å². The second kappa shape index (κ2) is 70.9. The Morgan fingerprint density at radius 2 is 0.620 bits per heavy atom. The summed E-state index contributed by atoms with van der Waals surface area (Å²) in [6.45, 7) is 4.30. The topological polar surface area (TPSA) is 108 Å². The summed E-state index contributed by atoms with van der Waals surface area (Å²) in [6, 6.07) is 0. The maximum absolute atomic E-state index is 12.9. The van der Waals surface area contributed by atoms with Crippen molar-refractivity contribution < 1.29 is 42.1 Å². The molecule has 0 aromatic carbocycles. The van der Waals surface area contributed by atoms with Gasteiger partial charge in [0, 0.05) is 12.8 Å². The summed E-state index contributed by atoms with van der Waals surface area (Å²) in [7, 11) is 1.45. The zero-order chi connectivity index (χ0) is 66.9. The second-order valence-electron chi connectivity index (χ2n) is 25.6. The van der Waals surface area contributed by atoms with Crippen LogP contribution in [0.25, 0.3) is 0 Å². The van der Waals surface area contributed by atoms with E-state index in [4.69, 9.17) is 18.5 Å². The van der Waals surface area contributed by atoms with Crippen LogP contribution in [-0.2, 0) is 32.7 Å². The molecule has 0 aliphatic heterocycles. The van der Waals surface area contributed by atoms with Crippen LogP contribution in [0, 0.1) is 0 Å². The lowest BCUT2D eigenvalue weighted by atomic mass is 10.0. The van der Waals surface area contributed by atoms with Crippen LogP contribution in [0.3, 0.4) is 0 Å². The van der Waals surface area contributed by atoms with Crippen molar-refractivity contribution >= 4 is 19.8 Å². The van der Waals surface area contributed by atoms with Crippen molar-refractivity contribution in [3.63, 3.8) is 0 Å². The highest BCUT2D eigenvalue weighted by Crippen LogP contribution is 2.43. The normalized spacial score (nSPS) is 14.0. The van der Waals surface area contributed by atoms with Gasteiger partial charge in [-0.25, -0.2) is 4.57 Å². The second-order valence-corrected chi connectivity index (χ2v) is 27.0. The van der Waals surface area contributed by atoms with Gasteiger partial charge in [-0.2, -0.15) is 0 Å². The predicted molar refractivity (Wildman–Crippen MR) is 399 cm³/mol. The van der Waals surface area contributed by atoms with E-state index >= 15 is 0 Å². The summed E-state index contributed by atoms with van der Waals surface area (Å²) in [5, 5.41) is 0. The molecule has 0 radical (unpaired) electrons. The van der Waals surface area contributed by atoms with Crippen LogP contribution in [0.5, 0.6) is 0 Å². The molecule has 0 aromatic rings. The number of unbranched alkanes of at least 4 members (excludes halogenated alkanes) is 27. The molecule has 1 N–H and O–H groups in total. The highest BCUT2D eigenvalue weighted by atomic mass is 31.2. The van der Waals surface area contributed by atoms with Gasteiger partial charge in [0.15, 0.2) is 6.10 Å². The number of phosphoric ester groups is 1. The lowest BCUT2D eigenvalue weighted by molar-refractivity contribution is -0.870. The smallest absolute Gasteiger partial charge is 0.462 e. The number of hydrogen-bond acceptors (Lipinski definition) is 7. The standard InChI is InChI=1S/C82H138NO8P/c1-6-8-10-12-14-16-18-20-22-24-26-28-30-32-34-36-38-39-40-41-42-43-45-47-49-51-53-55-57-59-61-63-65-67-69-71-73-75-82(85)91-80(79-90-92(86,87)89-77-76-83(3,4)5)78-88-81(84)74-72-70-68-66-64-62-60-58-56-54-52-50-48-46-44-37-35-33-31-29-27-25-23-21-19-17-15-13-11-9-7-2/h8,10,14,16,19-22,25-28,31-34,38-39,41-42,45,47,51,53,57,59,80H,6-7,9,11-13,15,17-18,23-24,29-30,35-37,40,43-44,46,48-50,52,54-56,58,60-79H2,1-5H3/p+1/b10-8-,16-14-,21-19-,22-20-,27-25-,28-26-,33-31-,34-32-,39-38-,42-41-,47-45-,53-51-,59-57-. The molecule has 0 heterocycles. The summed E-state index contributed by atoms with van der Waals surface area (Å²) in [5.74, 6) is -0.817. The number of hydrogen-bond donors (Lipinski definition) is 1.